The Hall–Kier alpha value is -4.20. The van der Waals surface area contributed by atoms with Gasteiger partial charge in [-0.25, -0.2) is 4.79 Å². The van der Waals surface area contributed by atoms with Gasteiger partial charge in [-0.2, -0.15) is 0 Å². The SMILES string of the molecule is O=C(Nc1cc(Cl)cc(Cl)c1)Nc1cccc(Nc2ccc3c(c2)NC(=O)/C3=C\c2ccc[nH]2)c1. The van der Waals surface area contributed by atoms with Crippen molar-refractivity contribution >= 4 is 75.2 Å². The fraction of sp³-hybridized carbons (Fsp3) is 0. The maximum atomic E-state index is 12.5. The first-order valence-electron chi connectivity index (χ1n) is 10.6. The molecule has 174 valence electrons. The number of carbonyl (C=O) groups excluding carboxylic acids is 2. The number of aromatic nitrogens is 1. The lowest BCUT2D eigenvalue weighted by Gasteiger charge is -2.12. The molecule has 5 N–H and O–H groups in total. The van der Waals surface area contributed by atoms with E-state index in [0.29, 0.717) is 27.0 Å². The van der Waals surface area contributed by atoms with E-state index in [0.717, 1.165) is 28.3 Å². The van der Waals surface area contributed by atoms with Gasteiger partial charge < -0.3 is 26.3 Å². The summed E-state index contributed by atoms with van der Waals surface area (Å²) in [5, 5.41) is 12.6. The Kier molecular flexibility index (Phi) is 6.18. The first kappa shape index (κ1) is 22.6. The first-order chi connectivity index (χ1) is 16.9. The van der Waals surface area contributed by atoms with E-state index in [4.69, 9.17) is 23.2 Å². The van der Waals surface area contributed by atoms with Gasteiger partial charge in [0.05, 0.1) is 11.3 Å². The number of aromatic amines is 1. The van der Waals surface area contributed by atoms with E-state index in [-0.39, 0.29) is 5.91 Å². The lowest BCUT2D eigenvalue weighted by atomic mass is 10.1. The molecule has 0 radical (unpaired) electrons. The van der Waals surface area contributed by atoms with Crippen LogP contribution in [0.2, 0.25) is 10.0 Å². The molecule has 1 aliphatic rings. The van der Waals surface area contributed by atoms with Crippen molar-refractivity contribution < 1.29 is 9.59 Å². The molecule has 5 rings (SSSR count). The van der Waals surface area contributed by atoms with Crippen molar-refractivity contribution in [3.05, 3.63) is 100 Å². The Bertz CT molecular complexity index is 1440. The van der Waals surface area contributed by atoms with Gasteiger partial charge in [-0.05, 0) is 66.7 Å². The van der Waals surface area contributed by atoms with Crippen LogP contribution in [0, 0.1) is 0 Å². The standard InChI is InChI=1S/C26H19Cl2N5O2/c27-15-9-16(28)11-21(10-15)32-26(35)31-19-4-1-3-18(12-19)30-20-6-7-22-23(13-17-5-2-8-29-17)25(34)33-24(22)14-20/h1-14,29-30H,(H,33,34)(H2,31,32,35)/b23-13-. The summed E-state index contributed by atoms with van der Waals surface area (Å²) in [7, 11) is 0. The maximum absolute atomic E-state index is 12.5. The van der Waals surface area contributed by atoms with Crippen LogP contribution in [0.15, 0.2) is 79.0 Å². The minimum absolute atomic E-state index is 0.148. The van der Waals surface area contributed by atoms with E-state index in [1.54, 1.807) is 30.3 Å². The molecule has 1 aliphatic heterocycles. The number of amides is 3. The highest BCUT2D eigenvalue weighted by Gasteiger charge is 2.24. The minimum atomic E-state index is -0.429. The maximum Gasteiger partial charge on any atom is 0.323 e. The molecule has 3 amide bonds. The van der Waals surface area contributed by atoms with Crippen molar-refractivity contribution in [2.75, 3.05) is 21.3 Å². The van der Waals surface area contributed by atoms with Crippen LogP contribution in [-0.4, -0.2) is 16.9 Å². The van der Waals surface area contributed by atoms with Gasteiger partial charge in [0.2, 0.25) is 0 Å². The molecule has 35 heavy (non-hydrogen) atoms. The number of urea groups is 1. The topological polar surface area (TPSA) is 98.0 Å². The smallest absolute Gasteiger partial charge is 0.323 e. The molecule has 4 aromatic rings. The third-order valence-corrected chi connectivity index (χ3v) is 5.69. The van der Waals surface area contributed by atoms with Gasteiger partial charge in [0.1, 0.15) is 0 Å². The Balaban J connectivity index is 1.28. The summed E-state index contributed by atoms with van der Waals surface area (Å²) in [6.07, 6.45) is 3.64. The largest absolute Gasteiger partial charge is 0.362 e. The van der Waals surface area contributed by atoms with Crippen LogP contribution in [0.5, 0.6) is 0 Å². The van der Waals surface area contributed by atoms with E-state index < -0.39 is 6.03 Å². The Labute approximate surface area is 211 Å². The Morgan fingerprint density at radius 1 is 0.800 bits per heavy atom. The van der Waals surface area contributed by atoms with E-state index in [1.165, 1.54) is 0 Å². The van der Waals surface area contributed by atoms with Crippen LogP contribution in [0.3, 0.4) is 0 Å². The van der Waals surface area contributed by atoms with Gasteiger partial charge >= 0.3 is 6.03 Å². The molecule has 0 saturated carbocycles. The molecule has 0 atom stereocenters. The zero-order valence-corrected chi connectivity index (χ0v) is 19.7. The quantitative estimate of drug-likeness (QED) is 0.186. The molecular weight excluding hydrogens is 485 g/mol. The average Bonchev–Trinajstić information content (AvgIpc) is 3.41. The molecule has 0 spiro atoms. The number of H-pyrrole nitrogens is 1. The summed E-state index contributed by atoms with van der Waals surface area (Å²) in [4.78, 5) is 28.0. The minimum Gasteiger partial charge on any atom is -0.362 e. The molecule has 9 heteroatoms. The molecule has 7 nitrogen and oxygen atoms in total. The van der Waals surface area contributed by atoms with Crippen molar-refractivity contribution in [2.45, 2.75) is 0 Å². The van der Waals surface area contributed by atoms with Gasteiger partial charge in [-0.15, -0.1) is 0 Å². The highest BCUT2D eigenvalue weighted by atomic mass is 35.5. The number of fused-ring (bicyclic) bond motifs is 1. The summed E-state index contributed by atoms with van der Waals surface area (Å²) in [5.41, 5.74) is 5.66. The highest BCUT2D eigenvalue weighted by molar-refractivity contribution is 6.35. The van der Waals surface area contributed by atoms with Crippen LogP contribution in [0.4, 0.5) is 33.2 Å². The third-order valence-electron chi connectivity index (χ3n) is 5.25. The summed E-state index contributed by atoms with van der Waals surface area (Å²) in [6, 6.07) is 21.1. The third kappa shape index (κ3) is 5.32. The molecule has 0 bridgehead atoms. The second-order valence-electron chi connectivity index (χ2n) is 7.84. The van der Waals surface area contributed by atoms with Crippen molar-refractivity contribution in [1.82, 2.24) is 4.98 Å². The Morgan fingerprint density at radius 3 is 2.31 bits per heavy atom. The summed E-state index contributed by atoms with van der Waals surface area (Å²) < 4.78 is 0. The second-order valence-corrected chi connectivity index (χ2v) is 8.71. The van der Waals surface area contributed by atoms with Crippen molar-refractivity contribution in [3.8, 4) is 0 Å². The molecule has 3 aromatic carbocycles. The van der Waals surface area contributed by atoms with Crippen LogP contribution >= 0.6 is 23.2 Å². The zero-order valence-electron chi connectivity index (χ0n) is 18.2. The van der Waals surface area contributed by atoms with Crippen molar-refractivity contribution in [2.24, 2.45) is 0 Å². The molecular formula is C26H19Cl2N5O2. The van der Waals surface area contributed by atoms with Gasteiger partial charge in [-0.1, -0.05) is 35.3 Å². The number of anilines is 5. The lowest BCUT2D eigenvalue weighted by Crippen LogP contribution is -2.19. The van der Waals surface area contributed by atoms with Crippen molar-refractivity contribution in [3.63, 3.8) is 0 Å². The number of hydrogen-bond donors (Lipinski definition) is 5. The van der Waals surface area contributed by atoms with E-state index in [1.807, 2.05) is 54.7 Å². The summed E-state index contributed by atoms with van der Waals surface area (Å²) >= 11 is 12.0. The van der Waals surface area contributed by atoms with Gasteiger partial charge in [0.25, 0.3) is 5.91 Å². The lowest BCUT2D eigenvalue weighted by molar-refractivity contribution is -0.110. The first-order valence-corrected chi connectivity index (χ1v) is 11.4. The van der Waals surface area contributed by atoms with Gasteiger partial charge in [0, 0.05) is 50.2 Å². The molecule has 0 aliphatic carbocycles. The van der Waals surface area contributed by atoms with Crippen LogP contribution in [0.25, 0.3) is 11.6 Å². The van der Waals surface area contributed by atoms with E-state index >= 15 is 0 Å². The van der Waals surface area contributed by atoms with E-state index in [2.05, 4.69) is 26.3 Å². The number of benzene rings is 3. The number of rotatable bonds is 5. The second kappa shape index (κ2) is 9.58. The molecule has 0 saturated heterocycles. The monoisotopic (exact) mass is 503 g/mol. The van der Waals surface area contributed by atoms with Gasteiger partial charge in [0.15, 0.2) is 0 Å². The number of nitrogens with one attached hydrogen (secondary N) is 5. The van der Waals surface area contributed by atoms with Crippen LogP contribution in [-0.2, 0) is 4.79 Å². The fourth-order valence-corrected chi connectivity index (χ4v) is 4.29. The van der Waals surface area contributed by atoms with Crippen molar-refractivity contribution in [1.29, 1.82) is 0 Å². The zero-order chi connectivity index (χ0) is 24.4. The highest BCUT2D eigenvalue weighted by Crippen LogP contribution is 2.35. The normalized spacial score (nSPS) is 13.3. The fourth-order valence-electron chi connectivity index (χ4n) is 3.77. The van der Waals surface area contributed by atoms with E-state index in [9.17, 15) is 9.59 Å². The number of hydrogen-bond acceptors (Lipinski definition) is 3. The predicted octanol–water partition coefficient (Wildman–Crippen LogP) is 7.20. The summed E-state index contributed by atoms with van der Waals surface area (Å²) in [6.45, 7) is 0. The van der Waals surface area contributed by atoms with Crippen LogP contribution in [0.1, 0.15) is 11.3 Å². The number of halogens is 2. The predicted molar refractivity (Wildman–Crippen MR) is 143 cm³/mol. The van der Waals surface area contributed by atoms with Crippen LogP contribution < -0.4 is 21.3 Å². The molecule has 2 heterocycles. The number of carbonyl (C=O) groups is 2. The molecule has 0 fully saturated rings. The molecule has 0 unspecified atom stereocenters. The summed E-state index contributed by atoms with van der Waals surface area (Å²) in [5.74, 6) is -0.148. The average molecular weight is 504 g/mol. The Morgan fingerprint density at radius 2 is 1.54 bits per heavy atom. The van der Waals surface area contributed by atoms with Gasteiger partial charge in [-0.3, -0.25) is 4.79 Å². The molecule has 1 aromatic heterocycles.